The maximum atomic E-state index is 10.9. The highest BCUT2D eigenvalue weighted by Gasteiger charge is 2.64. The predicted molar refractivity (Wildman–Crippen MR) is 44.6 cm³/mol. The van der Waals surface area contributed by atoms with Gasteiger partial charge in [0.15, 0.2) is 0 Å². The van der Waals surface area contributed by atoms with Gasteiger partial charge in [-0.3, -0.25) is 4.79 Å². The van der Waals surface area contributed by atoms with E-state index in [-0.39, 0.29) is 5.54 Å². The summed E-state index contributed by atoms with van der Waals surface area (Å²) in [6.07, 6.45) is 4.76. The third-order valence-corrected chi connectivity index (χ3v) is 3.20. The first-order chi connectivity index (χ1) is 5.63. The van der Waals surface area contributed by atoms with E-state index in [2.05, 4.69) is 11.7 Å². The van der Waals surface area contributed by atoms with Gasteiger partial charge in [-0.15, -0.1) is 0 Å². The summed E-state index contributed by atoms with van der Waals surface area (Å²) >= 11 is 0. The number of fused-ring (bicyclic) bond motifs is 1. The molecule has 3 aliphatic rings. The summed E-state index contributed by atoms with van der Waals surface area (Å²) in [5, 5.41) is 12.3. The lowest BCUT2D eigenvalue weighted by Gasteiger charge is -2.43. The zero-order chi connectivity index (χ0) is 8.82. The largest absolute Gasteiger partial charge is 0.481 e. The van der Waals surface area contributed by atoms with E-state index < -0.39 is 11.4 Å². The Labute approximate surface area is 72.2 Å². The molecule has 0 unspecified atom stereocenters. The number of carboxylic acids is 1. The summed E-state index contributed by atoms with van der Waals surface area (Å²) in [7, 11) is 0. The first-order valence-electron chi connectivity index (χ1n) is 4.39. The molecule has 3 nitrogen and oxygen atoms in total. The van der Waals surface area contributed by atoms with Crippen molar-refractivity contribution in [2.75, 3.05) is 6.54 Å². The Hall–Kier alpha value is -0.570. The van der Waals surface area contributed by atoms with E-state index in [4.69, 9.17) is 5.11 Å². The molecule has 1 saturated carbocycles. The molecule has 12 heavy (non-hydrogen) atoms. The summed E-state index contributed by atoms with van der Waals surface area (Å²) in [5.74, 6) is -0.626. The molecular formula is C9H14NO2. The highest BCUT2D eigenvalue weighted by Crippen LogP contribution is 2.55. The van der Waals surface area contributed by atoms with Crippen molar-refractivity contribution in [2.24, 2.45) is 5.41 Å². The van der Waals surface area contributed by atoms with Crippen LogP contribution in [-0.4, -0.2) is 23.2 Å². The summed E-state index contributed by atoms with van der Waals surface area (Å²) in [6.45, 7) is 2.69. The van der Waals surface area contributed by atoms with Crippen LogP contribution in [0.4, 0.5) is 0 Å². The standard InChI is InChI=1S/C9H14NO2/c1-2-3-9-4-8(5-9,6-10-9)7(11)12/h2,10H,3-6H2,1H3,(H,11,12). The van der Waals surface area contributed by atoms with Crippen LogP contribution in [0.5, 0.6) is 0 Å². The molecule has 2 saturated heterocycles. The SMILES string of the molecule is C[CH]CC12CC(C(=O)O)(CN1)C2. The van der Waals surface area contributed by atoms with Gasteiger partial charge in [0.1, 0.15) is 0 Å². The van der Waals surface area contributed by atoms with Gasteiger partial charge in [0.05, 0.1) is 5.41 Å². The minimum atomic E-state index is -0.626. The Morgan fingerprint density at radius 1 is 1.67 bits per heavy atom. The smallest absolute Gasteiger partial charge is 0.311 e. The van der Waals surface area contributed by atoms with Gasteiger partial charge in [-0.1, -0.05) is 6.92 Å². The van der Waals surface area contributed by atoms with Crippen LogP contribution in [0.1, 0.15) is 26.2 Å². The second kappa shape index (κ2) is 2.22. The Morgan fingerprint density at radius 3 is 2.75 bits per heavy atom. The molecule has 0 aromatic carbocycles. The molecule has 0 aromatic heterocycles. The molecule has 2 aliphatic heterocycles. The van der Waals surface area contributed by atoms with Gasteiger partial charge in [-0.05, 0) is 25.7 Å². The number of hydrogen-bond acceptors (Lipinski definition) is 2. The molecule has 3 rings (SSSR count). The lowest BCUT2D eigenvalue weighted by atomic mass is 9.60. The van der Waals surface area contributed by atoms with Crippen molar-refractivity contribution in [3.63, 3.8) is 0 Å². The summed E-state index contributed by atoms with van der Waals surface area (Å²) in [5.41, 5.74) is -0.268. The van der Waals surface area contributed by atoms with E-state index in [1.165, 1.54) is 0 Å². The van der Waals surface area contributed by atoms with Crippen LogP contribution >= 0.6 is 0 Å². The van der Waals surface area contributed by atoms with Crippen LogP contribution in [0.2, 0.25) is 0 Å². The number of hydrogen-bond donors (Lipinski definition) is 2. The third-order valence-electron chi connectivity index (χ3n) is 3.20. The van der Waals surface area contributed by atoms with Crippen LogP contribution in [0.15, 0.2) is 0 Å². The van der Waals surface area contributed by atoms with Crippen molar-refractivity contribution < 1.29 is 9.90 Å². The van der Waals surface area contributed by atoms with Gasteiger partial charge >= 0.3 is 5.97 Å². The highest BCUT2D eigenvalue weighted by molar-refractivity contribution is 5.78. The Morgan fingerprint density at radius 2 is 2.33 bits per heavy atom. The maximum Gasteiger partial charge on any atom is 0.311 e. The van der Waals surface area contributed by atoms with E-state index in [9.17, 15) is 4.79 Å². The topological polar surface area (TPSA) is 49.3 Å². The van der Waals surface area contributed by atoms with Crippen molar-refractivity contribution in [3.05, 3.63) is 6.42 Å². The first kappa shape index (κ1) is 8.05. The Kier molecular flexibility index (Phi) is 1.49. The van der Waals surface area contributed by atoms with E-state index in [1.54, 1.807) is 0 Å². The van der Waals surface area contributed by atoms with E-state index >= 15 is 0 Å². The third kappa shape index (κ3) is 0.829. The van der Waals surface area contributed by atoms with Crippen molar-refractivity contribution in [1.82, 2.24) is 5.32 Å². The van der Waals surface area contributed by atoms with Crippen molar-refractivity contribution >= 4 is 5.97 Å². The van der Waals surface area contributed by atoms with Crippen LogP contribution in [-0.2, 0) is 4.79 Å². The second-order valence-electron chi connectivity index (χ2n) is 4.19. The molecule has 0 spiro atoms. The molecule has 1 radical (unpaired) electrons. The molecule has 2 bridgehead atoms. The molecule has 67 valence electrons. The summed E-state index contributed by atoms with van der Waals surface area (Å²) in [4.78, 5) is 10.9. The van der Waals surface area contributed by atoms with Gasteiger partial charge in [0.2, 0.25) is 0 Å². The van der Waals surface area contributed by atoms with Crippen molar-refractivity contribution in [3.8, 4) is 0 Å². The average Bonchev–Trinajstić information content (AvgIpc) is 2.42. The van der Waals surface area contributed by atoms with Gasteiger partial charge < -0.3 is 10.4 Å². The van der Waals surface area contributed by atoms with E-state index in [0.29, 0.717) is 6.54 Å². The fraction of sp³-hybridized carbons (Fsp3) is 0.778. The number of rotatable bonds is 3. The predicted octanol–water partition coefficient (Wildman–Crippen LogP) is 0.807. The zero-order valence-electron chi connectivity index (χ0n) is 7.26. The summed E-state index contributed by atoms with van der Waals surface area (Å²) in [6, 6.07) is 0. The molecule has 0 aromatic rings. The van der Waals surface area contributed by atoms with Gasteiger partial charge in [0.25, 0.3) is 0 Å². The average molecular weight is 168 g/mol. The first-order valence-corrected chi connectivity index (χ1v) is 4.39. The molecule has 2 N–H and O–H groups in total. The van der Waals surface area contributed by atoms with E-state index in [1.807, 2.05) is 6.92 Å². The Balaban J connectivity index is 2.05. The van der Waals surface area contributed by atoms with Crippen LogP contribution < -0.4 is 5.32 Å². The lowest BCUT2D eigenvalue weighted by Crippen LogP contribution is -2.50. The number of aliphatic carboxylic acids is 1. The normalized spacial score (nSPS) is 44.1. The molecule has 0 amide bonds. The number of carboxylic acid groups (broad SMARTS) is 1. The van der Waals surface area contributed by atoms with Crippen molar-refractivity contribution in [2.45, 2.75) is 31.7 Å². The Bertz CT molecular complexity index is 219. The van der Waals surface area contributed by atoms with Crippen LogP contribution in [0, 0.1) is 11.8 Å². The molecule has 1 aliphatic carbocycles. The highest BCUT2D eigenvalue weighted by atomic mass is 16.4. The van der Waals surface area contributed by atoms with Crippen LogP contribution in [0.25, 0.3) is 0 Å². The quantitative estimate of drug-likeness (QED) is 0.655. The van der Waals surface area contributed by atoms with Crippen LogP contribution in [0.3, 0.4) is 0 Å². The fourth-order valence-corrected chi connectivity index (χ4v) is 2.68. The van der Waals surface area contributed by atoms with Crippen molar-refractivity contribution in [1.29, 1.82) is 0 Å². The molecular weight excluding hydrogens is 154 g/mol. The molecule has 2 heterocycles. The second-order valence-corrected chi connectivity index (χ2v) is 4.19. The van der Waals surface area contributed by atoms with Gasteiger partial charge in [0, 0.05) is 12.1 Å². The maximum absolute atomic E-state index is 10.9. The number of carbonyl (C=O) groups is 1. The van der Waals surface area contributed by atoms with E-state index in [0.717, 1.165) is 19.3 Å². The zero-order valence-corrected chi connectivity index (χ0v) is 7.26. The van der Waals surface area contributed by atoms with Gasteiger partial charge in [-0.25, -0.2) is 0 Å². The van der Waals surface area contributed by atoms with Gasteiger partial charge in [-0.2, -0.15) is 0 Å². The molecule has 3 heteroatoms. The monoisotopic (exact) mass is 168 g/mol. The number of nitrogens with one attached hydrogen (secondary N) is 1. The minimum absolute atomic E-state index is 0.146. The molecule has 3 fully saturated rings. The lowest BCUT2D eigenvalue weighted by molar-refractivity contribution is -0.153. The summed E-state index contributed by atoms with van der Waals surface area (Å²) < 4.78 is 0. The fourth-order valence-electron chi connectivity index (χ4n) is 2.68. The molecule has 0 atom stereocenters. The minimum Gasteiger partial charge on any atom is -0.481 e.